The molecule has 4 heteroatoms. The summed E-state index contributed by atoms with van der Waals surface area (Å²) in [6.07, 6.45) is 1.91. The molecule has 0 radical (unpaired) electrons. The van der Waals surface area contributed by atoms with Crippen LogP contribution in [0.4, 0.5) is 0 Å². The molecule has 1 aromatic heterocycles. The van der Waals surface area contributed by atoms with E-state index in [4.69, 9.17) is 5.84 Å². The van der Waals surface area contributed by atoms with E-state index in [0.717, 1.165) is 11.3 Å². The molecule has 0 saturated carbocycles. The van der Waals surface area contributed by atoms with Crippen molar-refractivity contribution >= 4 is 0 Å². The number of benzene rings is 1. The SMILES string of the molecule is Cn1ccc(C(NN)c2ccccc2)n1. The largest absolute Gasteiger partial charge is 0.275 e. The highest BCUT2D eigenvalue weighted by Gasteiger charge is 2.13. The molecule has 0 aliphatic heterocycles. The zero-order valence-corrected chi connectivity index (χ0v) is 8.59. The lowest BCUT2D eigenvalue weighted by molar-refractivity contribution is 0.603. The van der Waals surface area contributed by atoms with Crippen molar-refractivity contribution in [2.75, 3.05) is 0 Å². The Balaban J connectivity index is 2.33. The van der Waals surface area contributed by atoms with Gasteiger partial charge in [-0.05, 0) is 11.6 Å². The first-order valence-electron chi connectivity index (χ1n) is 4.82. The smallest absolute Gasteiger partial charge is 0.0899 e. The monoisotopic (exact) mass is 202 g/mol. The molecule has 0 saturated heterocycles. The van der Waals surface area contributed by atoms with Crippen LogP contribution >= 0.6 is 0 Å². The molecule has 0 aliphatic rings. The van der Waals surface area contributed by atoms with Gasteiger partial charge >= 0.3 is 0 Å². The lowest BCUT2D eigenvalue weighted by Crippen LogP contribution is -2.29. The van der Waals surface area contributed by atoms with Crippen LogP contribution in [-0.4, -0.2) is 9.78 Å². The normalized spacial score (nSPS) is 12.7. The lowest BCUT2D eigenvalue weighted by Gasteiger charge is -2.13. The summed E-state index contributed by atoms with van der Waals surface area (Å²) in [5, 5.41) is 4.33. The van der Waals surface area contributed by atoms with Gasteiger partial charge in [-0.2, -0.15) is 5.10 Å². The predicted octanol–water partition coefficient (Wildman–Crippen LogP) is 0.973. The van der Waals surface area contributed by atoms with E-state index >= 15 is 0 Å². The fraction of sp³-hybridized carbons (Fsp3) is 0.182. The summed E-state index contributed by atoms with van der Waals surface area (Å²) in [6, 6.07) is 11.9. The highest BCUT2D eigenvalue weighted by Crippen LogP contribution is 2.18. The van der Waals surface area contributed by atoms with E-state index in [1.165, 1.54) is 0 Å². The Kier molecular flexibility index (Phi) is 2.80. The van der Waals surface area contributed by atoms with E-state index in [-0.39, 0.29) is 6.04 Å². The predicted molar refractivity (Wildman–Crippen MR) is 58.8 cm³/mol. The van der Waals surface area contributed by atoms with Gasteiger partial charge in [0.1, 0.15) is 0 Å². The van der Waals surface area contributed by atoms with Crippen LogP contribution < -0.4 is 11.3 Å². The lowest BCUT2D eigenvalue weighted by atomic mass is 10.1. The molecule has 2 rings (SSSR count). The van der Waals surface area contributed by atoms with E-state index in [9.17, 15) is 0 Å². The van der Waals surface area contributed by atoms with Gasteiger partial charge in [0, 0.05) is 13.2 Å². The molecular formula is C11H14N4. The Morgan fingerprint density at radius 2 is 2.00 bits per heavy atom. The molecule has 1 atom stereocenters. The summed E-state index contributed by atoms with van der Waals surface area (Å²) >= 11 is 0. The molecule has 0 aliphatic carbocycles. The van der Waals surface area contributed by atoms with Gasteiger partial charge in [0.2, 0.25) is 0 Å². The van der Waals surface area contributed by atoms with Crippen molar-refractivity contribution in [3.63, 3.8) is 0 Å². The van der Waals surface area contributed by atoms with Crippen molar-refractivity contribution in [1.29, 1.82) is 0 Å². The third kappa shape index (κ3) is 2.06. The Morgan fingerprint density at radius 3 is 2.53 bits per heavy atom. The van der Waals surface area contributed by atoms with Crippen molar-refractivity contribution in [2.24, 2.45) is 12.9 Å². The average molecular weight is 202 g/mol. The number of nitrogens with one attached hydrogen (secondary N) is 1. The van der Waals surface area contributed by atoms with Crippen LogP contribution in [-0.2, 0) is 7.05 Å². The second-order valence-electron chi connectivity index (χ2n) is 3.42. The minimum absolute atomic E-state index is 0.0487. The number of aromatic nitrogens is 2. The Bertz CT molecular complexity index is 421. The minimum Gasteiger partial charge on any atom is -0.275 e. The third-order valence-electron chi connectivity index (χ3n) is 2.33. The molecular weight excluding hydrogens is 188 g/mol. The molecule has 15 heavy (non-hydrogen) atoms. The van der Waals surface area contributed by atoms with Gasteiger partial charge in [-0.25, -0.2) is 5.43 Å². The molecule has 0 amide bonds. The second-order valence-corrected chi connectivity index (χ2v) is 3.42. The molecule has 1 aromatic carbocycles. The van der Waals surface area contributed by atoms with Crippen molar-refractivity contribution in [3.05, 3.63) is 53.9 Å². The first-order chi connectivity index (χ1) is 7.31. The van der Waals surface area contributed by atoms with Crippen LogP contribution in [0.25, 0.3) is 0 Å². The molecule has 1 unspecified atom stereocenters. The summed E-state index contributed by atoms with van der Waals surface area (Å²) < 4.78 is 1.77. The number of hydrogen-bond acceptors (Lipinski definition) is 3. The van der Waals surface area contributed by atoms with Crippen LogP contribution in [0.5, 0.6) is 0 Å². The van der Waals surface area contributed by atoms with Crippen LogP contribution in [0, 0.1) is 0 Å². The van der Waals surface area contributed by atoms with Gasteiger partial charge < -0.3 is 0 Å². The van der Waals surface area contributed by atoms with E-state index in [1.54, 1.807) is 4.68 Å². The fourth-order valence-electron chi connectivity index (χ4n) is 1.58. The Morgan fingerprint density at radius 1 is 1.27 bits per heavy atom. The van der Waals surface area contributed by atoms with Gasteiger partial charge in [-0.15, -0.1) is 0 Å². The summed E-state index contributed by atoms with van der Waals surface area (Å²) in [5.74, 6) is 5.55. The molecule has 3 N–H and O–H groups in total. The number of aryl methyl sites for hydroxylation is 1. The van der Waals surface area contributed by atoms with Gasteiger partial charge in [0.15, 0.2) is 0 Å². The molecule has 0 spiro atoms. The fourth-order valence-corrected chi connectivity index (χ4v) is 1.58. The molecule has 0 fully saturated rings. The first kappa shape index (κ1) is 9.89. The zero-order chi connectivity index (χ0) is 10.7. The van der Waals surface area contributed by atoms with Crippen molar-refractivity contribution in [2.45, 2.75) is 6.04 Å². The quantitative estimate of drug-likeness (QED) is 0.576. The topological polar surface area (TPSA) is 55.9 Å². The van der Waals surface area contributed by atoms with Gasteiger partial charge in [-0.3, -0.25) is 10.5 Å². The highest BCUT2D eigenvalue weighted by molar-refractivity contribution is 5.26. The summed E-state index contributed by atoms with van der Waals surface area (Å²) in [6.45, 7) is 0. The summed E-state index contributed by atoms with van der Waals surface area (Å²) in [5.41, 5.74) is 4.80. The van der Waals surface area contributed by atoms with E-state index in [1.807, 2.05) is 49.6 Å². The third-order valence-corrected chi connectivity index (χ3v) is 2.33. The Hall–Kier alpha value is -1.65. The molecule has 2 aromatic rings. The van der Waals surface area contributed by atoms with Gasteiger partial charge in [0.25, 0.3) is 0 Å². The number of rotatable bonds is 3. The Labute approximate surface area is 88.7 Å². The van der Waals surface area contributed by atoms with Crippen molar-refractivity contribution in [3.8, 4) is 0 Å². The van der Waals surface area contributed by atoms with Crippen LogP contribution in [0.15, 0.2) is 42.6 Å². The van der Waals surface area contributed by atoms with Crippen LogP contribution in [0.1, 0.15) is 17.3 Å². The van der Waals surface area contributed by atoms with Gasteiger partial charge in [0.05, 0.1) is 11.7 Å². The van der Waals surface area contributed by atoms with Gasteiger partial charge in [-0.1, -0.05) is 30.3 Å². The second kappa shape index (κ2) is 4.25. The number of nitrogens with zero attached hydrogens (tertiary/aromatic N) is 2. The maximum absolute atomic E-state index is 5.55. The highest BCUT2D eigenvalue weighted by atomic mass is 15.3. The molecule has 1 heterocycles. The minimum atomic E-state index is -0.0487. The van der Waals surface area contributed by atoms with E-state index < -0.39 is 0 Å². The number of hydrogen-bond donors (Lipinski definition) is 2. The van der Waals surface area contributed by atoms with Crippen molar-refractivity contribution < 1.29 is 0 Å². The standard InChI is InChI=1S/C11H14N4/c1-15-8-7-10(14-15)11(13-12)9-5-3-2-4-6-9/h2-8,11,13H,12H2,1H3. The number of nitrogens with two attached hydrogens (primary N) is 1. The molecule has 0 bridgehead atoms. The summed E-state index contributed by atoms with van der Waals surface area (Å²) in [4.78, 5) is 0. The summed E-state index contributed by atoms with van der Waals surface area (Å²) in [7, 11) is 1.89. The van der Waals surface area contributed by atoms with Crippen molar-refractivity contribution in [1.82, 2.24) is 15.2 Å². The zero-order valence-electron chi connectivity index (χ0n) is 8.59. The average Bonchev–Trinajstić information content (AvgIpc) is 2.68. The molecule has 4 nitrogen and oxygen atoms in total. The van der Waals surface area contributed by atoms with Crippen LogP contribution in [0.2, 0.25) is 0 Å². The maximum atomic E-state index is 5.55. The number of hydrazine groups is 1. The molecule has 78 valence electrons. The van der Waals surface area contributed by atoms with E-state index in [2.05, 4.69) is 10.5 Å². The maximum Gasteiger partial charge on any atom is 0.0899 e. The van der Waals surface area contributed by atoms with Crippen LogP contribution in [0.3, 0.4) is 0 Å². The first-order valence-corrected chi connectivity index (χ1v) is 4.82. The van der Waals surface area contributed by atoms with E-state index in [0.29, 0.717) is 0 Å².